The van der Waals surface area contributed by atoms with Crippen molar-refractivity contribution in [1.29, 1.82) is 0 Å². The molecule has 3 heterocycles. The highest BCUT2D eigenvalue weighted by atomic mass is 19.1. The van der Waals surface area contributed by atoms with Crippen LogP contribution in [0.25, 0.3) is 17.0 Å². The van der Waals surface area contributed by atoms with Crippen LogP contribution in [0.4, 0.5) is 4.39 Å². The first-order valence-corrected chi connectivity index (χ1v) is 11.5. The van der Waals surface area contributed by atoms with Crippen LogP contribution < -0.4 is 0 Å². The summed E-state index contributed by atoms with van der Waals surface area (Å²) in [6.07, 6.45) is 5.03. The molecule has 0 aliphatic carbocycles. The molecule has 1 aliphatic heterocycles. The van der Waals surface area contributed by atoms with Gasteiger partial charge in [0.25, 0.3) is 5.91 Å². The van der Waals surface area contributed by atoms with Gasteiger partial charge in [0.15, 0.2) is 11.7 Å². The van der Waals surface area contributed by atoms with Gasteiger partial charge < -0.3 is 9.32 Å². The second-order valence-corrected chi connectivity index (χ2v) is 8.55. The highest BCUT2D eigenvalue weighted by Crippen LogP contribution is 2.35. The van der Waals surface area contributed by atoms with Gasteiger partial charge in [0.2, 0.25) is 0 Å². The summed E-state index contributed by atoms with van der Waals surface area (Å²) in [5.41, 5.74) is 2.68. The van der Waals surface area contributed by atoms with Crippen molar-refractivity contribution in [3.05, 3.63) is 84.1 Å². The van der Waals surface area contributed by atoms with Crippen LogP contribution >= 0.6 is 0 Å². The standard InChI is InChI=1S/C26H26FN5O2/c1-18-11-12-20(25-30-22(13-14-27)24(34-25)19-7-3-2-4-8-19)17-31(18)26(33)21-9-5-6-10-23(21)32-28-15-16-29-32/h2-10,15-16,18,20H,11-14,17H2,1H3/t18-,20-/m1/s1. The van der Waals surface area contributed by atoms with Crippen molar-refractivity contribution in [2.45, 2.75) is 38.1 Å². The predicted octanol–water partition coefficient (Wildman–Crippen LogP) is 4.84. The molecule has 1 aliphatic rings. The molecule has 0 bridgehead atoms. The number of oxazole rings is 1. The van der Waals surface area contributed by atoms with Crippen molar-refractivity contribution in [3.63, 3.8) is 0 Å². The van der Waals surface area contributed by atoms with Crippen LogP contribution in [0.5, 0.6) is 0 Å². The number of carbonyl (C=O) groups excluding carboxylic acids is 1. The van der Waals surface area contributed by atoms with Gasteiger partial charge in [0, 0.05) is 24.6 Å². The van der Waals surface area contributed by atoms with Crippen LogP contribution in [0.15, 0.2) is 71.4 Å². The maximum Gasteiger partial charge on any atom is 0.256 e. The van der Waals surface area contributed by atoms with E-state index in [0.717, 1.165) is 18.4 Å². The Labute approximate surface area is 197 Å². The molecule has 4 aromatic rings. The molecule has 2 aromatic carbocycles. The molecule has 7 nitrogen and oxygen atoms in total. The van der Waals surface area contributed by atoms with E-state index in [1.807, 2.05) is 53.4 Å². The molecule has 0 unspecified atom stereocenters. The van der Waals surface area contributed by atoms with E-state index >= 15 is 0 Å². The van der Waals surface area contributed by atoms with Crippen molar-refractivity contribution in [2.24, 2.45) is 0 Å². The number of halogens is 1. The molecule has 174 valence electrons. The SMILES string of the molecule is C[C@@H]1CC[C@@H](c2nc(CCF)c(-c3ccccc3)o2)CN1C(=O)c1ccccc1-n1nccn1. The van der Waals surface area contributed by atoms with E-state index in [4.69, 9.17) is 4.42 Å². The van der Waals surface area contributed by atoms with E-state index in [1.165, 1.54) is 4.80 Å². The van der Waals surface area contributed by atoms with E-state index in [9.17, 15) is 9.18 Å². The fraction of sp³-hybridized carbons (Fsp3) is 0.308. The number of likely N-dealkylation sites (tertiary alicyclic amines) is 1. The number of piperidine rings is 1. The Morgan fingerprint density at radius 1 is 1.06 bits per heavy atom. The van der Waals surface area contributed by atoms with E-state index in [-0.39, 0.29) is 24.3 Å². The molecule has 0 N–H and O–H groups in total. The Morgan fingerprint density at radius 2 is 1.79 bits per heavy atom. The van der Waals surface area contributed by atoms with Crippen molar-refractivity contribution in [3.8, 4) is 17.0 Å². The predicted molar refractivity (Wildman–Crippen MR) is 125 cm³/mol. The molecular formula is C26H26FN5O2. The Morgan fingerprint density at radius 3 is 2.56 bits per heavy atom. The lowest BCUT2D eigenvalue weighted by Crippen LogP contribution is -2.45. The van der Waals surface area contributed by atoms with Crippen molar-refractivity contribution in [1.82, 2.24) is 24.9 Å². The van der Waals surface area contributed by atoms with Gasteiger partial charge in [-0.05, 0) is 31.9 Å². The van der Waals surface area contributed by atoms with E-state index in [2.05, 4.69) is 22.1 Å². The highest BCUT2D eigenvalue weighted by Gasteiger charge is 2.34. The summed E-state index contributed by atoms with van der Waals surface area (Å²) in [6, 6.07) is 17.1. The minimum absolute atomic E-state index is 0.0639. The van der Waals surface area contributed by atoms with Crippen molar-refractivity contribution in [2.75, 3.05) is 13.2 Å². The second-order valence-electron chi connectivity index (χ2n) is 8.55. The van der Waals surface area contributed by atoms with Gasteiger partial charge in [-0.15, -0.1) is 0 Å². The summed E-state index contributed by atoms with van der Waals surface area (Å²) in [5, 5.41) is 8.39. The van der Waals surface area contributed by atoms with Crippen LogP contribution in [0.3, 0.4) is 0 Å². The molecule has 5 rings (SSSR count). The van der Waals surface area contributed by atoms with Crippen LogP contribution in [0.2, 0.25) is 0 Å². The molecule has 1 amide bonds. The number of alkyl halides is 1. The minimum Gasteiger partial charge on any atom is -0.440 e. The number of rotatable bonds is 6. The van der Waals surface area contributed by atoms with Gasteiger partial charge in [0.1, 0.15) is 0 Å². The summed E-state index contributed by atoms with van der Waals surface area (Å²) in [5.74, 6) is 1.03. The molecular weight excluding hydrogens is 433 g/mol. The number of aryl methyl sites for hydroxylation is 1. The topological polar surface area (TPSA) is 77.0 Å². The van der Waals surface area contributed by atoms with E-state index in [1.54, 1.807) is 18.5 Å². The summed E-state index contributed by atoms with van der Waals surface area (Å²) in [6.45, 7) is 2.03. The second kappa shape index (κ2) is 9.59. The summed E-state index contributed by atoms with van der Waals surface area (Å²) >= 11 is 0. The lowest BCUT2D eigenvalue weighted by molar-refractivity contribution is 0.0597. The first-order valence-electron chi connectivity index (χ1n) is 11.5. The average molecular weight is 460 g/mol. The largest absolute Gasteiger partial charge is 0.440 e. The molecule has 0 saturated carbocycles. The third-order valence-corrected chi connectivity index (χ3v) is 6.34. The molecule has 8 heteroatoms. The van der Waals surface area contributed by atoms with Gasteiger partial charge >= 0.3 is 0 Å². The number of hydrogen-bond acceptors (Lipinski definition) is 5. The molecule has 1 fully saturated rings. The van der Waals surface area contributed by atoms with Crippen LogP contribution in [-0.4, -0.2) is 50.0 Å². The quantitative estimate of drug-likeness (QED) is 0.412. The van der Waals surface area contributed by atoms with Gasteiger partial charge in [-0.1, -0.05) is 42.5 Å². The Bertz CT molecular complexity index is 1260. The third-order valence-electron chi connectivity index (χ3n) is 6.34. The number of carbonyl (C=O) groups is 1. The van der Waals surface area contributed by atoms with Gasteiger partial charge in [0.05, 0.1) is 41.9 Å². The van der Waals surface area contributed by atoms with E-state index in [0.29, 0.717) is 35.1 Å². The first-order chi connectivity index (χ1) is 16.7. The number of nitrogens with zero attached hydrogens (tertiary/aromatic N) is 5. The minimum atomic E-state index is -0.504. The van der Waals surface area contributed by atoms with Crippen molar-refractivity contribution >= 4 is 5.91 Å². The van der Waals surface area contributed by atoms with E-state index < -0.39 is 6.67 Å². The summed E-state index contributed by atoms with van der Waals surface area (Å²) in [4.78, 5) is 21.7. The monoisotopic (exact) mass is 459 g/mol. The first kappa shape index (κ1) is 22.0. The number of para-hydroxylation sites is 1. The molecule has 2 atom stereocenters. The molecule has 2 aromatic heterocycles. The van der Waals surface area contributed by atoms with Crippen LogP contribution in [0, 0.1) is 0 Å². The van der Waals surface area contributed by atoms with Crippen LogP contribution in [-0.2, 0) is 6.42 Å². The summed E-state index contributed by atoms with van der Waals surface area (Å²) in [7, 11) is 0. The summed E-state index contributed by atoms with van der Waals surface area (Å²) < 4.78 is 19.4. The van der Waals surface area contributed by atoms with Gasteiger partial charge in [-0.25, -0.2) is 4.98 Å². The lowest BCUT2D eigenvalue weighted by atomic mass is 9.92. The normalized spacial score (nSPS) is 18.2. The Balaban J connectivity index is 1.44. The fourth-order valence-electron chi connectivity index (χ4n) is 4.53. The molecule has 0 radical (unpaired) electrons. The molecule has 1 saturated heterocycles. The Hall–Kier alpha value is -3.81. The van der Waals surface area contributed by atoms with Crippen LogP contribution in [0.1, 0.15) is 47.6 Å². The average Bonchev–Trinajstić information content (AvgIpc) is 3.56. The smallest absolute Gasteiger partial charge is 0.256 e. The maximum atomic E-state index is 13.7. The number of aromatic nitrogens is 4. The Kier molecular flexibility index (Phi) is 6.20. The number of amides is 1. The van der Waals surface area contributed by atoms with Gasteiger partial charge in [-0.3, -0.25) is 9.18 Å². The highest BCUT2D eigenvalue weighted by molar-refractivity contribution is 5.98. The number of benzene rings is 2. The molecule has 0 spiro atoms. The van der Waals surface area contributed by atoms with Crippen molar-refractivity contribution < 1.29 is 13.6 Å². The zero-order chi connectivity index (χ0) is 23.5. The fourth-order valence-corrected chi connectivity index (χ4v) is 4.53. The molecule has 34 heavy (non-hydrogen) atoms. The van der Waals surface area contributed by atoms with Gasteiger partial charge in [-0.2, -0.15) is 15.0 Å². The zero-order valence-corrected chi connectivity index (χ0v) is 19.0. The maximum absolute atomic E-state index is 13.7. The third kappa shape index (κ3) is 4.23. The lowest BCUT2D eigenvalue weighted by Gasteiger charge is -2.37. The number of hydrogen-bond donors (Lipinski definition) is 0. The zero-order valence-electron chi connectivity index (χ0n) is 19.0.